The van der Waals surface area contributed by atoms with Crippen LogP contribution in [-0.4, -0.2) is 39.8 Å². The Bertz CT molecular complexity index is 912. The number of hydrogen-bond donors (Lipinski definition) is 0. The molecular weight excluding hydrogens is 413 g/mol. The number of thiazole rings is 1. The van der Waals surface area contributed by atoms with Crippen LogP contribution in [0.4, 0.5) is 5.69 Å². The van der Waals surface area contributed by atoms with Crippen LogP contribution in [0, 0.1) is 13.8 Å². The van der Waals surface area contributed by atoms with Gasteiger partial charge in [0, 0.05) is 37.8 Å². The molecule has 3 rings (SSSR count). The quantitative estimate of drug-likeness (QED) is 0.389. The van der Waals surface area contributed by atoms with E-state index in [0.717, 1.165) is 35.0 Å². The number of hydrogen-bond acceptors (Lipinski definition) is 5. The number of aryl methyl sites for hydroxylation is 2. The van der Waals surface area contributed by atoms with Crippen molar-refractivity contribution in [1.82, 2.24) is 19.9 Å². The van der Waals surface area contributed by atoms with Crippen LogP contribution in [0.5, 0.6) is 0 Å². The molecule has 3 aromatic rings. The molecule has 2 heterocycles. The Hall–Kier alpha value is -2.02. The van der Waals surface area contributed by atoms with Crippen LogP contribution in [0.25, 0.3) is 11.4 Å². The molecule has 0 radical (unpaired) electrons. The SMILES string of the molecule is CCN(C)/C=N\c1cc(C)c(Cc2nc(-c3cnccn3)cs2)cc1C.Cl.Cl. The molecule has 0 N–H and O–H groups in total. The Labute approximate surface area is 182 Å². The fourth-order valence-electron chi connectivity index (χ4n) is 2.54. The lowest BCUT2D eigenvalue weighted by molar-refractivity contribution is 0.552. The van der Waals surface area contributed by atoms with E-state index in [-0.39, 0.29) is 24.8 Å². The zero-order valence-corrected chi connectivity index (χ0v) is 18.9. The molecule has 0 aliphatic heterocycles. The summed E-state index contributed by atoms with van der Waals surface area (Å²) in [5.74, 6) is 0. The highest BCUT2D eigenvalue weighted by atomic mass is 35.5. The van der Waals surface area contributed by atoms with E-state index in [0.29, 0.717) is 0 Å². The Morgan fingerprint density at radius 2 is 1.89 bits per heavy atom. The van der Waals surface area contributed by atoms with Gasteiger partial charge in [0.25, 0.3) is 0 Å². The van der Waals surface area contributed by atoms with Crippen LogP contribution in [0.3, 0.4) is 0 Å². The van der Waals surface area contributed by atoms with Gasteiger partial charge in [-0.3, -0.25) is 9.97 Å². The van der Waals surface area contributed by atoms with E-state index in [9.17, 15) is 0 Å². The first-order valence-corrected chi connectivity index (χ1v) is 9.50. The highest BCUT2D eigenvalue weighted by Crippen LogP contribution is 2.27. The molecule has 0 aliphatic rings. The van der Waals surface area contributed by atoms with Crippen LogP contribution < -0.4 is 0 Å². The van der Waals surface area contributed by atoms with Gasteiger partial charge in [0.15, 0.2) is 0 Å². The van der Waals surface area contributed by atoms with Crippen molar-refractivity contribution in [3.63, 3.8) is 0 Å². The Balaban J connectivity index is 0.00000196. The van der Waals surface area contributed by atoms with Gasteiger partial charge in [-0.25, -0.2) is 9.98 Å². The van der Waals surface area contributed by atoms with E-state index < -0.39 is 0 Å². The van der Waals surface area contributed by atoms with Gasteiger partial charge in [-0.1, -0.05) is 6.07 Å². The monoisotopic (exact) mass is 437 g/mol. The molecule has 0 spiro atoms. The second-order valence-electron chi connectivity index (χ2n) is 6.28. The highest BCUT2D eigenvalue weighted by Gasteiger charge is 2.10. The molecule has 150 valence electrons. The summed E-state index contributed by atoms with van der Waals surface area (Å²) in [6.07, 6.45) is 7.81. The summed E-state index contributed by atoms with van der Waals surface area (Å²) in [5, 5.41) is 3.12. The summed E-state index contributed by atoms with van der Waals surface area (Å²) in [7, 11) is 2.03. The molecular formula is C20H25Cl2N5S. The molecule has 0 aliphatic carbocycles. The van der Waals surface area contributed by atoms with Gasteiger partial charge >= 0.3 is 0 Å². The molecule has 0 bridgehead atoms. The van der Waals surface area contributed by atoms with Crippen molar-refractivity contribution in [3.8, 4) is 11.4 Å². The van der Waals surface area contributed by atoms with E-state index >= 15 is 0 Å². The van der Waals surface area contributed by atoms with Gasteiger partial charge in [-0.15, -0.1) is 36.2 Å². The molecule has 0 saturated heterocycles. The maximum absolute atomic E-state index is 4.72. The summed E-state index contributed by atoms with van der Waals surface area (Å²) in [6.45, 7) is 7.29. The fourth-order valence-corrected chi connectivity index (χ4v) is 3.35. The van der Waals surface area contributed by atoms with Crippen molar-refractivity contribution in [3.05, 3.63) is 57.8 Å². The van der Waals surface area contributed by atoms with Crippen molar-refractivity contribution in [2.24, 2.45) is 4.99 Å². The largest absolute Gasteiger partial charge is 0.366 e. The van der Waals surface area contributed by atoms with E-state index in [1.54, 1.807) is 29.9 Å². The summed E-state index contributed by atoms with van der Waals surface area (Å²) in [5.41, 5.74) is 6.41. The number of aliphatic imine (C=N–C) groups is 1. The molecule has 8 heteroatoms. The van der Waals surface area contributed by atoms with E-state index in [1.165, 1.54) is 16.7 Å². The zero-order chi connectivity index (χ0) is 18.5. The maximum atomic E-state index is 4.72. The van der Waals surface area contributed by atoms with Crippen LogP contribution in [-0.2, 0) is 6.42 Å². The minimum absolute atomic E-state index is 0. The summed E-state index contributed by atoms with van der Waals surface area (Å²) < 4.78 is 0. The van der Waals surface area contributed by atoms with Gasteiger partial charge in [0.1, 0.15) is 11.4 Å². The molecule has 5 nitrogen and oxygen atoms in total. The average molecular weight is 438 g/mol. The van der Waals surface area contributed by atoms with Gasteiger partial charge in [0.05, 0.1) is 23.2 Å². The van der Waals surface area contributed by atoms with Crippen LogP contribution in [0.15, 0.2) is 41.1 Å². The lowest BCUT2D eigenvalue weighted by atomic mass is 10.0. The third-order valence-electron chi connectivity index (χ3n) is 4.27. The molecule has 0 fully saturated rings. The van der Waals surface area contributed by atoms with E-state index in [4.69, 9.17) is 4.98 Å². The molecule has 0 atom stereocenters. The van der Waals surface area contributed by atoms with Gasteiger partial charge in [-0.2, -0.15) is 0 Å². The predicted octanol–water partition coefficient (Wildman–Crippen LogP) is 5.26. The number of benzene rings is 1. The minimum atomic E-state index is 0. The lowest BCUT2D eigenvalue weighted by Crippen LogP contribution is -2.14. The smallest absolute Gasteiger partial charge is 0.108 e. The maximum Gasteiger partial charge on any atom is 0.108 e. The first-order valence-electron chi connectivity index (χ1n) is 8.62. The standard InChI is InChI=1S/C20H23N5S.2ClH/c1-5-25(4)13-23-17-9-14(2)16(8-15(17)3)10-20-24-19(12-26-20)18-11-21-6-7-22-18;;/h6-9,11-13H,5,10H2,1-4H3;2*1H/b23-13-;;. The van der Waals surface area contributed by atoms with Crippen molar-refractivity contribution >= 4 is 48.2 Å². The molecule has 2 aromatic heterocycles. The normalized spacial score (nSPS) is 10.4. The summed E-state index contributed by atoms with van der Waals surface area (Å²) in [4.78, 5) is 19.8. The molecule has 0 saturated carbocycles. The second-order valence-corrected chi connectivity index (χ2v) is 7.22. The van der Waals surface area contributed by atoms with Crippen LogP contribution in [0.1, 0.15) is 28.6 Å². The highest BCUT2D eigenvalue weighted by molar-refractivity contribution is 7.10. The third-order valence-corrected chi connectivity index (χ3v) is 5.12. The first kappa shape index (κ1) is 24.0. The lowest BCUT2D eigenvalue weighted by Gasteiger charge is -2.11. The first-order chi connectivity index (χ1) is 12.6. The molecule has 28 heavy (non-hydrogen) atoms. The van der Waals surface area contributed by atoms with Gasteiger partial charge in [0.2, 0.25) is 0 Å². The van der Waals surface area contributed by atoms with Crippen molar-refractivity contribution in [2.75, 3.05) is 13.6 Å². The predicted molar refractivity (Wildman–Crippen MR) is 123 cm³/mol. The Morgan fingerprint density at radius 1 is 1.11 bits per heavy atom. The van der Waals surface area contributed by atoms with Crippen LogP contribution in [0.2, 0.25) is 0 Å². The third kappa shape index (κ3) is 5.99. The molecule has 0 unspecified atom stereocenters. The molecule has 1 aromatic carbocycles. The Morgan fingerprint density at radius 3 is 2.57 bits per heavy atom. The second kappa shape index (κ2) is 11.1. The summed E-state index contributed by atoms with van der Waals surface area (Å²) in [6, 6.07) is 4.37. The Kier molecular flexibility index (Phi) is 9.52. The summed E-state index contributed by atoms with van der Waals surface area (Å²) >= 11 is 1.66. The van der Waals surface area contributed by atoms with E-state index in [2.05, 4.69) is 52.8 Å². The topological polar surface area (TPSA) is 54.3 Å². The average Bonchev–Trinajstić information content (AvgIpc) is 3.12. The number of aromatic nitrogens is 3. The van der Waals surface area contributed by atoms with E-state index in [1.807, 2.05) is 18.8 Å². The van der Waals surface area contributed by atoms with Crippen LogP contribution >= 0.6 is 36.2 Å². The van der Waals surface area contributed by atoms with Crippen molar-refractivity contribution in [1.29, 1.82) is 0 Å². The fraction of sp³-hybridized carbons (Fsp3) is 0.300. The van der Waals surface area contributed by atoms with Crippen molar-refractivity contribution in [2.45, 2.75) is 27.2 Å². The molecule has 0 amide bonds. The zero-order valence-electron chi connectivity index (χ0n) is 16.4. The number of nitrogens with zero attached hydrogens (tertiary/aromatic N) is 5. The van der Waals surface area contributed by atoms with Gasteiger partial charge < -0.3 is 4.90 Å². The minimum Gasteiger partial charge on any atom is -0.366 e. The number of rotatable bonds is 6. The number of halogens is 2. The van der Waals surface area contributed by atoms with Gasteiger partial charge in [-0.05, 0) is 43.5 Å². The van der Waals surface area contributed by atoms with Crippen molar-refractivity contribution < 1.29 is 0 Å².